The van der Waals surface area contributed by atoms with Gasteiger partial charge in [0.1, 0.15) is 11.5 Å². The number of hydrogen-bond donors (Lipinski definition) is 1. The molecule has 1 aromatic carbocycles. The van der Waals surface area contributed by atoms with Gasteiger partial charge in [0.05, 0.1) is 5.69 Å². The number of rotatable bonds is 2. The van der Waals surface area contributed by atoms with Crippen LogP contribution in [-0.2, 0) is 0 Å². The third-order valence-corrected chi connectivity index (χ3v) is 4.51. The lowest BCUT2D eigenvalue weighted by Crippen LogP contribution is -1.95. The van der Waals surface area contributed by atoms with Gasteiger partial charge in [0, 0.05) is 23.3 Å². The molecule has 0 saturated heterocycles. The van der Waals surface area contributed by atoms with Gasteiger partial charge in [-0.2, -0.15) is 0 Å². The van der Waals surface area contributed by atoms with Gasteiger partial charge in [0.2, 0.25) is 0 Å². The molecule has 0 aliphatic heterocycles. The van der Waals surface area contributed by atoms with Gasteiger partial charge >= 0.3 is 0 Å². The highest BCUT2D eigenvalue weighted by Gasteiger charge is 2.16. The van der Waals surface area contributed by atoms with Gasteiger partial charge in [-0.3, -0.25) is 9.38 Å². The first kappa shape index (κ1) is 13.0. The van der Waals surface area contributed by atoms with Crippen LogP contribution in [0.1, 0.15) is 5.56 Å². The van der Waals surface area contributed by atoms with E-state index in [1.54, 1.807) is 23.7 Å². The fourth-order valence-corrected chi connectivity index (χ4v) is 3.43. The van der Waals surface area contributed by atoms with Gasteiger partial charge in [-0.1, -0.05) is 29.8 Å². The lowest BCUT2D eigenvalue weighted by molar-refractivity contribution is 1.24. The summed E-state index contributed by atoms with van der Waals surface area (Å²) in [6.45, 7) is 2.08. The summed E-state index contributed by atoms with van der Waals surface area (Å²) in [6.07, 6.45) is 3.53. The van der Waals surface area contributed by atoms with Crippen molar-refractivity contribution in [3.63, 3.8) is 0 Å². The number of anilines is 1. The molecule has 0 radical (unpaired) electrons. The number of nitrogens with zero attached hydrogens (tertiary/aromatic N) is 3. The van der Waals surface area contributed by atoms with Crippen molar-refractivity contribution in [2.24, 2.45) is 0 Å². The number of pyridine rings is 1. The smallest absolute Gasteiger partial charge is 0.196 e. The van der Waals surface area contributed by atoms with Crippen LogP contribution >= 0.6 is 11.3 Å². The molecule has 0 saturated carbocycles. The molecule has 0 unspecified atom stereocenters. The van der Waals surface area contributed by atoms with Gasteiger partial charge in [0.25, 0.3) is 0 Å². The minimum absolute atomic E-state index is 0.653. The van der Waals surface area contributed by atoms with Crippen LogP contribution in [0.15, 0.2) is 54.2 Å². The summed E-state index contributed by atoms with van der Waals surface area (Å²) in [7, 11) is 0. The van der Waals surface area contributed by atoms with Crippen LogP contribution in [0.3, 0.4) is 0 Å². The molecule has 0 aliphatic carbocycles. The molecule has 0 aliphatic rings. The maximum Gasteiger partial charge on any atom is 0.196 e. The minimum Gasteiger partial charge on any atom is -0.383 e. The Kier molecular flexibility index (Phi) is 2.94. The number of aromatic nitrogens is 3. The predicted octanol–water partition coefficient (Wildman–Crippen LogP) is 4.02. The molecule has 5 heteroatoms. The zero-order valence-electron chi connectivity index (χ0n) is 12.0. The molecule has 0 bridgehead atoms. The lowest BCUT2D eigenvalue weighted by atomic mass is 10.1. The summed E-state index contributed by atoms with van der Waals surface area (Å²) in [6, 6.07) is 12.3. The van der Waals surface area contributed by atoms with E-state index in [0.717, 1.165) is 27.5 Å². The van der Waals surface area contributed by atoms with Crippen LogP contribution in [0.25, 0.3) is 27.5 Å². The Bertz CT molecular complexity index is 936. The van der Waals surface area contributed by atoms with Gasteiger partial charge in [0.15, 0.2) is 4.96 Å². The molecule has 3 heterocycles. The topological polar surface area (TPSA) is 56.2 Å². The van der Waals surface area contributed by atoms with E-state index in [2.05, 4.69) is 46.5 Å². The van der Waals surface area contributed by atoms with Crippen LogP contribution in [-0.4, -0.2) is 14.4 Å². The summed E-state index contributed by atoms with van der Waals surface area (Å²) in [5.41, 5.74) is 11.5. The zero-order valence-corrected chi connectivity index (χ0v) is 12.8. The fraction of sp³-hybridized carbons (Fsp3) is 0.0588. The third-order valence-electron chi connectivity index (χ3n) is 3.68. The first-order valence-corrected chi connectivity index (χ1v) is 7.85. The standard InChI is InChI=1S/C17H14N4S/c1-11-4-6-12(7-5-11)14-10-22-17-20-15(16(18)21(14)17)13-3-2-8-19-9-13/h2-10H,18H2,1H3. The Morgan fingerprint density at radius 3 is 2.64 bits per heavy atom. The summed E-state index contributed by atoms with van der Waals surface area (Å²) in [5.74, 6) is 0.653. The molecule has 22 heavy (non-hydrogen) atoms. The highest BCUT2D eigenvalue weighted by atomic mass is 32.1. The summed E-state index contributed by atoms with van der Waals surface area (Å²) in [4.78, 5) is 9.70. The normalized spacial score (nSPS) is 11.1. The van der Waals surface area contributed by atoms with E-state index in [-0.39, 0.29) is 0 Å². The second-order valence-corrected chi connectivity index (χ2v) is 6.03. The molecule has 4 nitrogen and oxygen atoms in total. The maximum atomic E-state index is 6.36. The van der Waals surface area contributed by atoms with Gasteiger partial charge in [-0.05, 0) is 24.6 Å². The number of aryl methyl sites for hydroxylation is 1. The Labute approximate surface area is 131 Å². The minimum atomic E-state index is 0.653. The average molecular weight is 306 g/mol. The van der Waals surface area contributed by atoms with Crippen molar-refractivity contribution in [2.45, 2.75) is 6.92 Å². The van der Waals surface area contributed by atoms with E-state index in [1.165, 1.54) is 5.56 Å². The number of nitrogens with two attached hydrogens (primary N) is 1. The molecule has 4 rings (SSSR count). The van der Waals surface area contributed by atoms with E-state index in [1.807, 2.05) is 16.5 Å². The van der Waals surface area contributed by atoms with Crippen LogP contribution in [0.4, 0.5) is 5.82 Å². The molecule has 0 fully saturated rings. The van der Waals surface area contributed by atoms with Crippen molar-refractivity contribution < 1.29 is 0 Å². The summed E-state index contributed by atoms with van der Waals surface area (Å²) >= 11 is 1.59. The van der Waals surface area contributed by atoms with Crippen molar-refractivity contribution in [1.29, 1.82) is 0 Å². The molecule has 4 aromatic rings. The van der Waals surface area contributed by atoms with Crippen LogP contribution < -0.4 is 5.73 Å². The first-order valence-electron chi connectivity index (χ1n) is 6.97. The van der Waals surface area contributed by atoms with E-state index in [9.17, 15) is 0 Å². The van der Waals surface area contributed by atoms with Crippen LogP contribution in [0, 0.1) is 6.92 Å². The van der Waals surface area contributed by atoms with E-state index < -0.39 is 0 Å². The van der Waals surface area contributed by atoms with Gasteiger partial charge < -0.3 is 5.73 Å². The lowest BCUT2D eigenvalue weighted by Gasteiger charge is -2.03. The second-order valence-electron chi connectivity index (χ2n) is 5.19. The van der Waals surface area contributed by atoms with E-state index in [4.69, 9.17) is 5.73 Å². The van der Waals surface area contributed by atoms with Crippen molar-refractivity contribution in [1.82, 2.24) is 14.4 Å². The van der Waals surface area contributed by atoms with Gasteiger partial charge in [-0.25, -0.2) is 4.98 Å². The zero-order chi connectivity index (χ0) is 15.1. The second kappa shape index (κ2) is 4.96. The Hall–Kier alpha value is -2.66. The van der Waals surface area contributed by atoms with E-state index in [0.29, 0.717) is 5.82 Å². The highest BCUT2D eigenvalue weighted by molar-refractivity contribution is 7.15. The molecule has 3 aromatic heterocycles. The summed E-state index contributed by atoms with van der Waals surface area (Å²) in [5, 5.41) is 2.09. The fourth-order valence-electron chi connectivity index (χ4n) is 2.52. The SMILES string of the molecule is Cc1ccc(-c2csc3nc(-c4cccnc4)c(N)n23)cc1. The number of fused-ring (bicyclic) bond motifs is 1. The first-order chi connectivity index (χ1) is 10.7. The molecular formula is C17H14N4S. The number of benzene rings is 1. The van der Waals surface area contributed by atoms with Crippen molar-refractivity contribution in [3.05, 3.63) is 59.7 Å². The van der Waals surface area contributed by atoms with Crippen molar-refractivity contribution >= 4 is 22.1 Å². The average Bonchev–Trinajstić information content (AvgIpc) is 3.10. The van der Waals surface area contributed by atoms with Gasteiger partial charge in [-0.15, -0.1) is 11.3 Å². The molecular weight excluding hydrogens is 292 g/mol. The number of imidazole rings is 1. The third kappa shape index (κ3) is 1.98. The quantitative estimate of drug-likeness (QED) is 0.608. The highest BCUT2D eigenvalue weighted by Crippen LogP contribution is 2.34. The maximum absolute atomic E-state index is 6.36. The summed E-state index contributed by atoms with van der Waals surface area (Å²) < 4.78 is 2.01. The van der Waals surface area contributed by atoms with Crippen LogP contribution in [0.2, 0.25) is 0 Å². The molecule has 2 N–H and O–H groups in total. The molecule has 0 atom stereocenters. The van der Waals surface area contributed by atoms with Crippen molar-refractivity contribution in [2.75, 3.05) is 5.73 Å². The number of hydrogen-bond acceptors (Lipinski definition) is 4. The Morgan fingerprint density at radius 1 is 1.09 bits per heavy atom. The molecule has 0 amide bonds. The monoisotopic (exact) mass is 306 g/mol. The largest absolute Gasteiger partial charge is 0.383 e. The molecule has 0 spiro atoms. The predicted molar refractivity (Wildman–Crippen MR) is 90.9 cm³/mol. The van der Waals surface area contributed by atoms with Crippen LogP contribution in [0.5, 0.6) is 0 Å². The Balaban J connectivity index is 1.92. The number of thiazole rings is 1. The number of nitrogen functional groups attached to an aromatic ring is 1. The van der Waals surface area contributed by atoms with E-state index >= 15 is 0 Å². The molecule has 108 valence electrons. The Morgan fingerprint density at radius 2 is 1.91 bits per heavy atom. The van der Waals surface area contributed by atoms with Crippen molar-refractivity contribution in [3.8, 4) is 22.5 Å².